The van der Waals surface area contributed by atoms with Crippen LogP contribution >= 0.6 is 0 Å². The molecule has 0 fully saturated rings. The van der Waals surface area contributed by atoms with Crippen LogP contribution < -0.4 is 8.69 Å². The highest BCUT2D eigenvalue weighted by atomic mass is 32.3. The van der Waals surface area contributed by atoms with Crippen molar-refractivity contribution in [3.8, 4) is 0 Å². The number of sulfonamides is 2. The van der Waals surface area contributed by atoms with Gasteiger partial charge in [-0.05, 0) is 13.0 Å². The molecule has 0 amide bonds. The Morgan fingerprint density at radius 2 is 1.78 bits per heavy atom. The zero-order chi connectivity index (χ0) is 18.3. The summed E-state index contributed by atoms with van der Waals surface area (Å²) in [6.45, 7) is 5.50. The number of aromatic nitrogens is 1. The van der Waals surface area contributed by atoms with Crippen LogP contribution in [0.2, 0.25) is 0 Å². The van der Waals surface area contributed by atoms with Crippen LogP contribution in [0.15, 0.2) is 24.5 Å². The first-order valence-electron chi connectivity index (χ1n) is 6.54. The molecule has 23 heavy (non-hydrogen) atoms. The zero-order valence-electron chi connectivity index (χ0n) is 13.0. The van der Waals surface area contributed by atoms with Gasteiger partial charge in [-0.3, -0.25) is 0 Å². The second kappa shape index (κ2) is 8.60. The molecular weight excluding hydrogens is 357 g/mol. The van der Waals surface area contributed by atoms with Crippen molar-refractivity contribution in [2.24, 2.45) is 0 Å². The van der Waals surface area contributed by atoms with Crippen LogP contribution in [-0.4, -0.2) is 28.6 Å². The highest BCUT2D eigenvalue weighted by Crippen LogP contribution is 2.21. The minimum Gasteiger partial charge on any atom is -0.212 e. The van der Waals surface area contributed by atoms with Crippen molar-refractivity contribution in [1.82, 2.24) is 4.13 Å². The summed E-state index contributed by atoms with van der Waals surface area (Å²) in [5.41, 5.74) is -4.28. The van der Waals surface area contributed by atoms with Crippen molar-refractivity contribution in [1.29, 1.82) is 0 Å². The van der Waals surface area contributed by atoms with Gasteiger partial charge in [-0.1, -0.05) is 13.3 Å². The van der Waals surface area contributed by atoms with E-state index >= 15 is 0 Å². The Bertz CT molecular complexity index is 701. The third-order valence-electron chi connectivity index (χ3n) is 2.34. The van der Waals surface area contributed by atoms with Crippen molar-refractivity contribution in [3.05, 3.63) is 30.1 Å². The molecule has 0 bridgehead atoms. The summed E-state index contributed by atoms with van der Waals surface area (Å²) in [5, 5.41) is 0. The van der Waals surface area contributed by atoms with Crippen molar-refractivity contribution in [3.63, 3.8) is 0 Å². The normalized spacial score (nSPS) is 12.4. The van der Waals surface area contributed by atoms with Crippen molar-refractivity contribution in [2.45, 2.75) is 38.7 Å². The number of rotatable bonds is 5. The maximum atomic E-state index is 11.4. The standard InChI is InChI=1S/C10H16N.C2H4F3NO4S2/c1-3-4-7-11-8-5-6-10(2)9-11;1-11(7,8)6-12(9,10)2(3,4)5/h5-6,8-9H,3-4,7H2,1-2H3;6H,1H3/q+1;. The fourth-order valence-electron chi connectivity index (χ4n) is 1.38. The largest absolute Gasteiger partial charge is 0.512 e. The summed E-state index contributed by atoms with van der Waals surface area (Å²) in [4.78, 5) is 0. The zero-order valence-corrected chi connectivity index (χ0v) is 14.6. The fourth-order valence-corrected chi connectivity index (χ4v) is 3.35. The van der Waals surface area contributed by atoms with Crippen LogP contribution in [0.3, 0.4) is 0 Å². The maximum Gasteiger partial charge on any atom is 0.512 e. The third-order valence-corrected chi connectivity index (χ3v) is 5.04. The average molecular weight is 377 g/mol. The van der Waals surface area contributed by atoms with Gasteiger partial charge >= 0.3 is 15.5 Å². The van der Waals surface area contributed by atoms with E-state index in [4.69, 9.17) is 0 Å². The van der Waals surface area contributed by atoms with Gasteiger partial charge in [-0.25, -0.2) is 21.4 Å². The molecule has 0 saturated carbocycles. The minimum absolute atomic E-state index is 0.302. The van der Waals surface area contributed by atoms with Crippen LogP contribution in [0.5, 0.6) is 0 Å². The van der Waals surface area contributed by atoms with Crippen LogP contribution in [0.1, 0.15) is 25.3 Å². The first-order valence-corrected chi connectivity index (χ1v) is 9.91. The number of hydrogen-bond acceptors (Lipinski definition) is 4. The van der Waals surface area contributed by atoms with Gasteiger partial charge in [0.15, 0.2) is 12.4 Å². The maximum absolute atomic E-state index is 11.4. The van der Waals surface area contributed by atoms with Crippen LogP contribution in [-0.2, 0) is 26.6 Å². The van der Waals surface area contributed by atoms with E-state index in [1.54, 1.807) is 0 Å². The van der Waals surface area contributed by atoms with Gasteiger partial charge in [-0.15, -0.1) is 4.13 Å². The molecule has 11 heteroatoms. The lowest BCUT2D eigenvalue weighted by molar-refractivity contribution is -0.697. The lowest BCUT2D eigenvalue weighted by atomic mass is 10.3. The number of alkyl halides is 3. The molecule has 1 heterocycles. The van der Waals surface area contributed by atoms with E-state index < -0.39 is 25.6 Å². The molecule has 0 spiro atoms. The summed E-state index contributed by atoms with van der Waals surface area (Å²) >= 11 is 0. The third kappa shape index (κ3) is 9.51. The van der Waals surface area contributed by atoms with Gasteiger partial charge in [0.25, 0.3) is 0 Å². The van der Waals surface area contributed by atoms with Gasteiger partial charge in [0, 0.05) is 18.1 Å². The molecule has 0 radical (unpaired) electrons. The van der Waals surface area contributed by atoms with E-state index in [0.29, 0.717) is 10.4 Å². The quantitative estimate of drug-likeness (QED) is 0.788. The molecule has 0 aliphatic rings. The summed E-state index contributed by atoms with van der Waals surface area (Å²) < 4.78 is 77.4. The average Bonchev–Trinajstić information content (AvgIpc) is 2.33. The molecule has 0 aromatic carbocycles. The molecule has 1 rings (SSSR count). The second-order valence-corrected chi connectivity index (χ2v) is 8.46. The minimum atomic E-state index is -5.79. The van der Waals surface area contributed by atoms with E-state index in [1.165, 1.54) is 18.4 Å². The molecular formula is C12H20F3N2O4S2+. The van der Waals surface area contributed by atoms with Gasteiger partial charge in [0.05, 0.1) is 6.26 Å². The molecule has 0 atom stereocenters. The number of nitrogens with zero attached hydrogens (tertiary/aromatic N) is 1. The van der Waals surface area contributed by atoms with E-state index in [9.17, 15) is 30.0 Å². The topological polar surface area (TPSA) is 84.2 Å². The number of aryl methyl sites for hydroxylation is 2. The predicted octanol–water partition coefficient (Wildman–Crippen LogP) is 1.47. The van der Waals surface area contributed by atoms with Crippen molar-refractivity contribution in [2.75, 3.05) is 6.26 Å². The van der Waals surface area contributed by atoms with E-state index in [1.807, 2.05) is 0 Å². The fraction of sp³-hybridized carbons (Fsp3) is 0.583. The van der Waals surface area contributed by atoms with Gasteiger partial charge < -0.3 is 0 Å². The van der Waals surface area contributed by atoms with Gasteiger partial charge in [-0.2, -0.15) is 13.2 Å². The van der Waals surface area contributed by atoms with Crippen LogP contribution in [0.25, 0.3) is 0 Å². The van der Waals surface area contributed by atoms with E-state index in [0.717, 1.165) is 6.54 Å². The molecule has 1 aromatic rings. The smallest absolute Gasteiger partial charge is 0.212 e. The Balaban J connectivity index is 0.000000422. The summed E-state index contributed by atoms with van der Waals surface area (Å²) in [7, 11) is -10.2. The van der Waals surface area contributed by atoms with Gasteiger partial charge in [0.2, 0.25) is 10.0 Å². The monoisotopic (exact) mass is 377 g/mol. The Labute approximate surface area is 134 Å². The summed E-state index contributed by atoms with van der Waals surface area (Å²) in [6, 6.07) is 4.23. The predicted molar refractivity (Wildman–Crippen MR) is 79.2 cm³/mol. The summed E-state index contributed by atoms with van der Waals surface area (Å²) in [5.74, 6) is 0. The molecule has 1 aromatic heterocycles. The van der Waals surface area contributed by atoms with Crippen molar-refractivity contribution < 1.29 is 34.6 Å². The van der Waals surface area contributed by atoms with Crippen molar-refractivity contribution >= 4 is 20.0 Å². The highest BCUT2D eigenvalue weighted by Gasteiger charge is 2.47. The molecule has 1 N–H and O–H groups in total. The van der Waals surface area contributed by atoms with E-state index in [2.05, 4.69) is 42.9 Å². The Morgan fingerprint density at radius 3 is 2.13 bits per heavy atom. The molecule has 0 saturated heterocycles. The summed E-state index contributed by atoms with van der Waals surface area (Å²) in [6.07, 6.45) is 7.16. The SMILES string of the molecule is CCCC[n+]1cccc(C)c1.CS(=O)(=O)NS(=O)(=O)C(F)(F)F. The molecule has 134 valence electrons. The highest BCUT2D eigenvalue weighted by molar-refractivity contribution is 8.04. The number of hydrogen-bond donors (Lipinski definition) is 1. The number of halogens is 3. The lowest BCUT2D eigenvalue weighted by Crippen LogP contribution is -2.39. The Kier molecular flexibility index (Phi) is 8.15. The van der Waals surface area contributed by atoms with Crippen LogP contribution in [0, 0.1) is 6.92 Å². The molecule has 0 unspecified atom stereocenters. The Morgan fingerprint density at radius 1 is 1.22 bits per heavy atom. The number of nitrogens with one attached hydrogen (secondary N) is 1. The number of unbranched alkanes of at least 4 members (excludes halogenated alkanes) is 1. The van der Waals surface area contributed by atoms with E-state index in [-0.39, 0.29) is 0 Å². The van der Waals surface area contributed by atoms with Crippen LogP contribution in [0.4, 0.5) is 13.2 Å². The molecule has 0 aliphatic heterocycles. The Hall–Kier alpha value is -1.20. The first-order chi connectivity index (χ1) is 10.3. The first kappa shape index (κ1) is 21.8. The lowest BCUT2D eigenvalue weighted by Gasteiger charge is -2.06. The molecule has 6 nitrogen and oxygen atoms in total. The number of pyridine rings is 1. The van der Waals surface area contributed by atoms with Gasteiger partial charge in [0.1, 0.15) is 6.54 Å². The second-order valence-electron chi connectivity index (χ2n) is 4.78. The molecule has 0 aliphatic carbocycles.